The molecule has 4 aromatic heterocycles. The normalized spacial score (nSPS) is 16.1. The van der Waals surface area contributed by atoms with Gasteiger partial charge in [0, 0.05) is 37.0 Å². The van der Waals surface area contributed by atoms with Gasteiger partial charge in [0.05, 0.1) is 6.20 Å². The molecule has 0 aromatic carbocycles. The Bertz CT molecular complexity index is 1460. The highest BCUT2D eigenvalue weighted by molar-refractivity contribution is 7.90. The predicted molar refractivity (Wildman–Crippen MR) is 135 cm³/mol. The molecule has 0 N–H and O–H groups in total. The van der Waals surface area contributed by atoms with Crippen LogP contribution in [0.4, 0.5) is 6.01 Å². The van der Waals surface area contributed by atoms with E-state index in [1.54, 1.807) is 12.3 Å². The first-order valence-corrected chi connectivity index (χ1v) is 14.4. The molecule has 36 heavy (non-hydrogen) atoms. The number of rotatable bonds is 7. The van der Waals surface area contributed by atoms with Crippen molar-refractivity contribution in [1.82, 2.24) is 30.1 Å². The van der Waals surface area contributed by atoms with Crippen LogP contribution in [0.15, 0.2) is 34.1 Å². The number of anilines is 1. The number of nitrogens with zero attached hydrogens (tertiary/aromatic N) is 7. The maximum Gasteiger partial charge on any atom is 0.324 e. The summed E-state index contributed by atoms with van der Waals surface area (Å²) in [6.45, 7) is 7.83. The summed E-state index contributed by atoms with van der Waals surface area (Å²) >= 11 is 1.36. The number of thiazole rings is 1. The quantitative estimate of drug-likeness (QED) is 0.346. The summed E-state index contributed by atoms with van der Waals surface area (Å²) in [5.74, 6) is 1.79. The van der Waals surface area contributed by atoms with E-state index in [-0.39, 0.29) is 17.0 Å². The highest BCUT2D eigenvalue weighted by atomic mass is 32.2. The summed E-state index contributed by atoms with van der Waals surface area (Å²) in [6, 6.07) is 3.69. The van der Waals surface area contributed by atoms with Crippen molar-refractivity contribution < 1.29 is 17.7 Å². The molecule has 0 amide bonds. The molecule has 1 atom stereocenters. The van der Waals surface area contributed by atoms with Crippen LogP contribution in [0, 0.1) is 5.92 Å². The minimum atomic E-state index is -3.36. The number of hydrogen-bond donors (Lipinski definition) is 0. The molecule has 0 spiro atoms. The van der Waals surface area contributed by atoms with Gasteiger partial charge in [0.25, 0.3) is 5.19 Å². The Balaban J connectivity index is 1.22. The molecular weight excluding hydrogens is 502 g/mol. The third kappa shape index (κ3) is 5.16. The Labute approximate surface area is 212 Å². The number of pyridine rings is 1. The first kappa shape index (κ1) is 24.5. The van der Waals surface area contributed by atoms with E-state index >= 15 is 0 Å². The summed E-state index contributed by atoms with van der Waals surface area (Å²) in [5, 5.41) is 4.63. The molecule has 1 saturated heterocycles. The minimum absolute atomic E-state index is 0.0121. The van der Waals surface area contributed by atoms with Gasteiger partial charge in [0.1, 0.15) is 11.6 Å². The van der Waals surface area contributed by atoms with Gasteiger partial charge in [-0.3, -0.25) is 0 Å². The lowest BCUT2D eigenvalue weighted by atomic mass is 9.92. The molecule has 0 radical (unpaired) electrons. The Morgan fingerprint density at radius 3 is 2.50 bits per heavy atom. The van der Waals surface area contributed by atoms with E-state index < -0.39 is 9.84 Å². The Kier molecular flexibility index (Phi) is 6.60. The second-order valence-corrected chi connectivity index (χ2v) is 12.2. The number of piperidine rings is 1. The molecule has 0 bridgehead atoms. The van der Waals surface area contributed by atoms with Gasteiger partial charge in [0.2, 0.25) is 0 Å². The fraction of sp³-hybridized carbons (Fsp3) is 0.478. The van der Waals surface area contributed by atoms with Gasteiger partial charge in [-0.2, -0.15) is 9.97 Å². The van der Waals surface area contributed by atoms with Crippen LogP contribution in [0.5, 0.6) is 5.19 Å². The number of sulfone groups is 1. The summed E-state index contributed by atoms with van der Waals surface area (Å²) in [5.41, 5.74) is 1.28. The van der Waals surface area contributed by atoms with Crippen molar-refractivity contribution in [2.75, 3.05) is 24.2 Å². The fourth-order valence-corrected chi connectivity index (χ4v) is 5.45. The Hall–Kier alpha value is -3.19. The zero-order valence-electron chi connectivity index (χ0n) is 20.4. The third-order valence-corrected chi connectivity index (χ3v) is 8.07. The van der Waals surface area contributed by atoms with Crippen LogP contribution in [0.25, 0.3) is 21.7 Å². The molecule has 5 rings (SSSR count). The van der Waals surface area contributed by atoms with Gasteiger partial charge in [-0.1, -0.05) is 30.3 Å². The van der Waals surface area contributed by atoms with Crippen LogP contribution < -0.4 is 9.64 Å². The van der Waals surface area contributed by atoms with E-state index in [1.165, 1.54) is 23.6 Å². The third-order valence-electron chi connectivity index (χ3n) is 6.21. The molecule has 13 heteroatoms. The van der Waals surface area contributed by atoms with Gasteiger partial charge < -0.3 is 14.2 Å². The lowest BCUT2D eigenvalue weighted by Gasteiger charge is -2.33. The first-order chi connectivity index (χ1) is 17.2. The average Bonchev–Trinajstić information content (AvgIpc) is 3.50. The molecule has 4 aromatic rings. The smallest absolute Gasteiger partial charge is 0.324 e. The van der Waals surface area contributed by atoms with Crippen LogP contribution in [0.3, 0.4) is 0 Å². The standard InChI is InChI=1S/C23H27N7O4S2/c1-13(2)19-28-22(34-29-19)30-9-7-15(8-10-30)14(3)33-23-26-17-12-25-20(27-21(17)35-23)16-5-6-18(24-11-16)36(4,31)32/h5-6,11-15H,7-10H2,1-4H3. The zero-order chi connectivity index (χ0) is 25.4. The highest BCUT2D eigenvalue weighted by Crippen LogP contribution is 2.32. The number of ether oxygens (including phenoxy) is 1. The van der Waals surface area contributed by atoms with Crippen molar-refractivity contribution in [3.05, 3.63) is 30.4 Å². The van der Waals surface area contributed by atoms with E-state index in [2.05, 4.69) is 41.9 Å². The monoisotopic (exact) mass is 529 g/mol. The van der Waals surface area contributed by atoms with Crippen LogP contribution in [-0.4, -0.2) is 63.9 Å². The second-order valence-electron chi connectivity index (χ2n) is 9.26. The summed E-state index contributed by atoms with van der Waals surface area (Å²) in [7, 11) is -3.36. The maximum absolute atomic E-state index is 11.6. The summed E-state index contributed by atoms with van der Waals surface area (Å²) in [6.07, 6.45) is 6.11. The molecule has 1 fully saturated rings. The van der Waals surface area contributed by atoms with Crippen LogP contribution in [0.2, 0.25) is 0 Å². The van der Waals surface area contributed by atoms with Crippen LogP contribution in [0.1, 0.15) is 45.4 Å². The molecule has 1 unspecified atom stereocenters. The van der Waals surface area contributed by atoms with Gasteiger partial charge >= 0.3 is 6.01 Å². The largest absolute Gasteiger partial charge is 0.467 e. The molecule has 1 aliphatic heterocycles. The number of hydrogen-bond acceptors (Lipinski definition) is 12. The molecule has 11 nitrogen and oxygen atoms in total. The molecule has 0 saturated carbocycles. The summed E-state index contributed by atoms with van der Waals surface area (Å²) in [4.78, 5) is 24.8. The Morgan fingerprint density at radius 2 is 1.86 bits per heavy atom. The lowest BCUT2D eigenvalue weighted by Crippen LogP contribution is -2.38. The number of aromatic nitrogens is 6. The van der Waals surface area contributed by atoms with Crippen LogP contribution >= 0.6 is 11.3 Å². The Morgan fingerprint density at radius 1 is 1.08 bits per heavy atom. The molecule has 1 aliphatic rings. The molecule has 5 heterocycles. The highest BCUT2D eigenvalue weighted by Gasteiger charge is 2.28. The van der Waals surface area contributed by atoms with E-state index in [1.807, 2.05) is 13.8 Å². The van der Waals surface area contributed by atoms with E-state index in [9.17, 15) is 8.42 Å². The molecule has 0 aliphatic carbocycles. The van der Waals surface area contributed by atoms with Crippen molar-refractivity contribution in [3.63, 3.8) is 0 Å². The topological polar surface area (TPSA) is 137 Å². The van der Waals surface area contributed by atoms with Crippen molar-refractivity contribution in [2.24, 2.45) is 5.92 Å². The maximum atomic E-state index is 11.6. The summed E-state index contributed by atoms with van der Waals surface area (Å²) < 4.78 is 34.9. The molecule has 190 valence electrons. The van der Waals surface area contributed by atoms with Gasteiger partial charge in [0.15, 0.2) is 31.3 Å². The van der Waals surface area contributed by atoms with Crippen molar-refractivity contribution in [1.29, 1.82) is 0 Å². The minimum Gasteiger partial charge on any atom is -0.467 e. The van der Waals surface area contributed by atoms with Crippen molar-refractivity contribution in [2.45, 2.75) is 50.7 Å². The van der Waals surface area contributed by atoms with Gasteiger partial charge in [-0.25, -0.2) is 23.4 Å². The van der Waals surface area contributed by atoms with E-state index in [0.717, 1.165) is 38.0 Å². The van der Waals surface area contributed by atoms with E-state index in [0.29, 0.717) is 38.9 Å². The predicted octanol–water partition coefficient (Wildman–Crippen LogP) is 3.74. The zero-order valence-corrected chi connectivity index (χ0v) is 22.1. The average molecular weight is 530 g/mol. The van der Waals surface area contributed by atoms with Crippen molar-refractivity contribution >= 4 is 37.5 Å². The molecular formula is C23H27N7O4S2. The van der Waals surface area contributed by atoms with Gasteiger partial charge in [-0.05, 0) is 37.8 Å². The van der Waals surface area contributed by atoms with Gasteiger partial charge in [-0.15, -0.1) is 0 Å². The second kappa shape index (κ2) is 9.69. The first-order valence-electron chi connectivity index (χ1n) is 11.7. The number of fused-ring (bicyclic) bond motifs is 1. The SMILES string of the molecule is CC(C)c1noc(N2CCC(C(C)Oc3nc4cnc(-c5ccc(S(C)(=O)=O)nc5)nc4s3)CC2)n1. The fourth-order valence-electron chi connectivity index (χ4n) is 4.04. The van der Waals surface area contributed by atoms with Crippen LogP contribution in [-0.2, 0) is 9.84 Å². The lowest BCUT2D eigenvalue weighted by molar-refractivity contribution is 0.131. The van der Waals surface area contributed by atoms with E-state index in [4.69, 9.17) is 9.26 Å². The van der Waals surface area contributed by atoms with Crippen molar-refractivity contribution in [3.8, 4) is 16.6 Å².